The number of amides is 1. The van der Waals surface area contributed by atoms with Gasteiger partial charge in [0.2, 0.25) is 5.91 Å². The average molecular weight is 478 g/mol. The molecule has 1 saturated heterocycles. The molecule has 1 amide bonds. The molecule has 34 heavy (non-hydrogen) atoms. The largest absolute Gasteiger partial charge is 0.434 e. The number of hydrogen-bond donors (Lipinski definition) is 2. The monoisotopic (exact) mass is 477 g/mol. The summed E-state index contributed by atoms with van der Waals surface area (Å²) in [5, 5.41) is 6.18. The smallest absolute Gasteiger partial charge is 0.356 e. The number of hydrogen-bond acceptors (Lipinski definition) is 6. The number of halogens is 3. The van der Waals surface area contributed by atoms with Gasteiger partial charge in [0.05, 0.1) is 0 Å². The quantitative estimate of drug-likeness (QED) is 0.594. The van der Waals surface area contributed by atoms with Crippen LogP contribution in [0.25, 0.3) is 0 Å². The van der Waals surface area contributed by atoms with E-state index >= 15 is 0 Å². The Morgan fingerprint density at radius 1 is 1.18 bits per heavy atom. The molecular weight excluding hydrogens is 447 g/mol. The van der Waals surface area contributed by atoms with Gasteiger partial charge in [-0.15, -0.1) is 0 Å². The lowest BCUT2D eigenvalue weighted by atomic mass is 9.92. The summed E-state index contributed by atoms with van der Waals surface area (Å²) in [4.78, 5) is 26.8. The first-order valence-corrected chi connectivity index (χ1v) is 12.0. The number of carbonyl (C=O) groups is 1. The van der Waals surface area contributed by atoms with E-state index in [-0.39, 0.29) is 17.7 Å². The van der Waals surface area contributed by atoms with Gasteiger partial charge in [0.25, 0.3) is 0 Å². The van der Waals surface area contributed by atoms with E-state index in [2.05, 4.69) is 30.5 Å². The number of nitrogens with zero attached hydrogens (tertiary/aromatic N) is 5. The van der Waals surface area contributed by atoms with Crippen LogP contribution in [0.5, 0.6) is 0 Å². The number of imidazole rings is 1. The van der Waals surface area contributed by atoms with Crippen LogP contribution in [0.1, 0.15) is 67.9 Å². The van der Waals surface area contributed by atoms with E-state index in [0.29, 0.717) is 57.1 Å². The van der Waals surface area contributed by atoms with Gasteiger partial charge in [-0.1, -0.05) is 6.92 Å². The van der Waals surface area contributed by atoms with E-state index < -0.39 is 11.9 Å². The molecule has 184 valence electrons. The molecule has 2 aromatic rings. The van der Waals surface area contributed by atoms with E-state index in [4.69, 9.17) is 0 Å². The molecule has 0 aromatic carbocycles. The molecule has 2 aromatic heterocycles. The first-order chi connectivity index (χ1) is 16.3. The molecular formula is C23H30F3N7O. The number of alkyl halides is 3. The number of rotatable bonds is 7. The van der Waals surface area contributed by atoms with E-state index in [1.165, 1.54) is 19.2 Å². The summed E-state index contributed by atoms with van der Waals surface area (Å²) >= 11 is 0. The standard InChI is InChI=1S/C23H30F3N7O/c1-14-10-18(34)31-20-19(14)22(29-13-28-20)32-7-4-16(5-8-32)21-30-17(23(24,25)26)12-33(21)9-6-27-11-15-2-3-15/h12-16,27H,2-11H2,1H3,(H,28,29,31,34)/t14-/m1/s1. The summed E-state index contributed by atoms with van der Waals surface area (Å²) in [6, 6.07) is 0. The Bertz CT molecular complexity index is 1040. The number of piperidine rings is 1. The number of nitrogens with one attached hydrogen (secondary N) is 2. The highest BCUT2D eigenvalue weighted by Gasteiger charge is 2.37. The van der Waals surface area contributed by atoms with Crippen LogP contribution in [-0.2, 0) is 17.5 Å². The van der Waals surface area contributed by atoms with Crippen LogP contribution < -0.4 is 15.5 Å². The van der Waals surface area contributed by atoms with E-state index in [9.17, 15) is 18.0 Å². The first kappa shape index (κ1) is 23.1. The predicted octanol–water partition coefficient (Wildman–Crippen LogP) is 3.52. The average Bonchev–Trinajstić information content (AvgIpc) is 3.52. The minimum Gasteiger partial charge on any atom is -0.356 e. The maximum absolute atomic E-state index is 13.4. The Balaban J connectivity index is 1.29. The second kappa shape index (κ2) is 9.16. The summed E-state index contributed by atoms with van der Waals surface area (Å²) in [7, 11) is 0. The number of anilines is 2. The number of carbonyl (C=O) groups excluding carboxylic acids is 1. The zero-order valence-electron chi connectivity index (χ0n) is 19.2. The van der Waals surface area contributed by atoms with Crippen molar-refractivity contribution in [2.45, 2.75) is 63.6 Å². The topological polar surface area (TPSA) is 88.0 Å². The Morgan fingerprint density at radius 3 is 2.65 bits per heavy atom. The van der Waals surface area contributed by atoms with Crippen molar-refractivity contribution in [1.82, 2.24) is 24.8 Å². The van der Waals surface area contributed by atoms with Gasteiger partial charge in [0.1, 0.15) is 23.8 Å². The molecule has 11 heteroatoms. The molecule has 1 saturated carbocycles. The molecule has 0 unspecified atom stereocenters. The SMILES string of the molecule is C[C@@H]1CC(=O)Nc2ncnc(N3CCC(c4nc(C(F)(F)F)cn4CCNCC4CC4)CC3)c21. The molecule has 5 rings (SSSR count). The van der Waals surface area contributed by atoms with Gasteiger partial charge in [-0.05, 0) is 44.1 Å². The normalized spacial score (nSPS) is 21.5. The first-order valence-electron chi connectivity index (χ1n) is 12.0. The number of aromatic nitrogens is 4. The van der Waals surface area contributed by atoms with Crippen LogP contribution in [0.4, 0.5) is 24.8 Å². The highest BCUT2D eigenvalue weighted by Crippen LogP contribution is 2.39. The molecule has 2 fully saturated rings. The third-order valence-corrected chi connectivity index (χ3v) is 7.02. The highest BCUT2D eigenvalue weighted by molar-refractivity contribution is 5.94. The summed E-state index contributed by atoms with van der Waals surface area (Å²) < 4.78 is 41.9. The van der Waals surface area contributed by atoms with E-state index in [0.717, 1.165) is 30.0 Å². The van der Waals surface area contributed by atoms with E-state index in [1.54, 1.807) is 4.57 Å². The second-order valence-corrected chi connectivity index (χ2v) is 9.70. The molecule has 0 radical (unpaired) electrons. The van der Waals surface area contributed by atoms with Crippen LogP contribution in [0, 0.1) is 5.92 Å². The van der Waals surface area contributed by atoms with Gasteiger partial charge < -0.3 is 20.1 Å². The molecule has 0 bridgehead atoms. The summed E-state index contributed by atoms with van der Waals surface area (Å²) in [5.41, 5.74) is 0.115. The van der Waals surface area contributed by atoms with Gasteiger partial charge in [-0.3, -0.25) is 4.79 Å². The van der Waals surface area contributed by atoms with E-state index in [1.807, 2.05) is 6.92 Å². The van der Waals surface area contributed by atoms with Crippen molar-refractivity contribution in [1.29, 1.82) is 0 Å². The summed E-state index contributed by atoms with van der Waals surface area (Å²) in [6.45, 7) is 5.33. The van der Waals surface area contributed by atoms with Crippen LogP contribution in [0.3, 0.4) is 0 Å². The zero-order valence-corrected chi connectivity index (χ0v) is 19.2. The highest BCUT2D eigenvalue weighted by atomic mass is 19.4. The third-order valence-electron chi connectivity index (χ3n) is 7.02. The lowest BCUT2D eigenvalue weighted by Crippen LogP contribution is -2.36. The molecule has 4 heterocycles. The Labute approximate surface area is 196 Å². The van der Waals surface area contributed by atoms with Crippen LogP contribution in [0.15, 0.2) is 12.5 Å². The van der Waals surface area contributed by atoms with Gasteiger partial charge in [0.15, 0.2) is 5.69 Å². The van der Waals surface area contributed by atoms with Crippen molar-refractivity contribution in [3.8, 4) is 0 Å². The Morgan fingerprint density at radius 2 is 1.94 bits per heavy atom. The van der Waals surface area contributed by atoms with Crippen molar-refractivity contribution in [2.75, 3.05) is 36.4 Å². The second-order valence-electron chi connectivity index (χ2n) is 9.70. The lowest BCUT2D eigenvalue weighted by molar-refractivity contribution is -0.141. The van der Waals surface area contributed by atoms with Gasteiger partial charge in [-0.2, -0.15) is 13.2 Å². The zero-order chi connectivity index (χ0) is 23.9. The van der Waals surface area contributed by atoms with Crippen molar-refractivity contribution < 1.29 is 18.0 Å². The molecule has 2 N–H and O–H groups in total. The maximum atomic E-state index is 13.4. The minimum atomic E-state index is -4.46. The fraction of sp³-hybridized carbons (Fsp3) is 0.652. The molecule has 3 aliphatic rings. The molecule has 1 atom stereocenters. The van der Waals surface area contributed by atoms with Crippen molar-refractivity contribution in [2.24, 2.45) is 5.92 Å². The fourth-order valence-corrected chi connectivity index (χ4v) is 5.00. The summed E-state index contributed by atoms with van der Waals surface area (Å²) in [6.07, 6.45) is 2.38. The summed E-state index contributed by atoms with van der Waals surface area (Å²) in [5.74, 6) is 2.51. The Kier molecular flexibility index (Phi) is 6.22. The van der Waals surface area contributed by atoms with Crippen LogP contribution in [0.2, 0.25) is 0 Å². The minimum absolute atomic E-state index is 0.00838. The fourth-order valence-electron chi connectivity index (χ4n) is 5.00. The van der Waals surface area contributed by atoms with Crippen LogP contribution in [-0.4, -0.2) is 51.6 Å². The molecule has 1 aliphatic carbocycles. The molecule has 8 nitrogen and oxygen atoms in total. The van der Waals surface area contributed by atoms with Crippen molar-refractivity contribution >= 4 is 17.5 Å². The van der Waals surface area contributed by atoms with Gasteiger partial charge in [-0.25, -0.2) is 15.0 Å². The van der Waals surface area contributed by atoms with Crippen molar-refractivity contribution in [3.63, 3.8) is 0 Å². The predicted molar refractivity (Wildman–Crippen MR) is 121 cm³/mol. The Hall–Kier alpha value is -2.69. The van der Waals surface area contributed by atoms with Gasteiger partial charge in [0, 0.05) is 50.3 Å². The third kappa shape index (κ3) is 4.89. The van der Waals surface area contributed by atoms with Crippen LogP contribution >= 0.6 is 0 Å². The molecule has 2 aliphatic heterocycles. The maximum Gasteiger partial charge on any atom is 0.434 e. The molecule has 0 spiro atoms. The van der Waals surface area contributed by atoms with Crippen molar-refractivity contribution in [3.05, 3.63) is 29.6 Å². The number of fused-ring (bicyclic) bond motifs is 1. The van der Waals surface area contributed by atoms with Gasteiger partial charge >= 0.3 is 6.18 Å². The lowest BCUT2D eigenvalue weighted by Gasteiger charge is -2.35.